The van der Waals surface area contributed by atoms with Crippen LogP contribution in [0.2, 0.25) is 0 Å². The lowest BCUT2D eigenvalue weighted by Crippen LogP contribution is -2.34. The van der Waals surface area contributed by atoms with Gasteiger partial charge in [0, 0.05) is 17.6 Å². The molecule has 2 rings (SSSR count). The fraction of sp³-hybridized carbons (Fsp3) is 0.467. The summed E-state index contributed by atoms with van der Waals surface area (Å²) in [5.41, 5.74) is -0.536. The van der Waals surface area contributed by atoms with Crippen LogP contribution in [0.3, 0.4) is 0 Å². The van der Waals surface area contributed by atoms with Crippen LogP contribution in [0.5, 0.6) is 0 Å². The lowest BCUT2D eigenvalue weighted by atomic mass is 9.91. The number of allylic oxidation sites excluding steroid dienone is 1. The number of nitrogens with one attached hydrogen (secondary N) is 1. The molecule has 1 aromatic heterocycles. The number of carbonyl (C=O) groups excluding carboxylic acids is 3. The zero-order valence-corrected chi connectivity index (χ0v) is 14.3. The Morgan fingerprint density at radius 3 is 2.74 bits per heavy atom. The van der Waals surface area contributed by atoms with Crippen molar-refractivity contribution >= 4 is 35.2 Å². The van der Waals surface area contributed by atoms with Crippen molar-refractivity contribution in [3.8, 4) is 0 Å². The van der Waals surface area contributed by atoms with Crippen LogP contribution >= 0.6 is 11.8 Å². The van der Waals surface area contributed by atoms with Crippen molar-refractivity contribution < 1.29 is 18.9 Å². The maximum Gasteiger partial charge on any atom is 0.245 e. The number of nitrogens with zero attached hydrogens (tertiary/aromatic N) is 2. The van der Waals surface area contributed by atoms with Gasteiger partial charge in [0.1, 0.15) is 12.3 Å². The Hall–Kier alpha value is -2.09. The summed E-state index contributed by atoms with van der Waals surface area (Å²) >= 11 is 1.26. The molecule has 0 atom stereocenters. The average molecular weight is 337 g/mol. The van der Waals surface area contributed by atoms with Crippen LogP contribution in [0.4, 0.5) is 5.82 Å². The Morgan fingerprint density at radius 2 is 2.17 bits per heavy atom. The Kier molecular flexibility index (Phi) is 4.93. The zero-order chi connectivity index (χ0) is 17.2. The third-order valence-corrected chi connectivity index (χ3v) is 4.13. The maximum atomic E-state index is 12.1. The molecule has 0 bridgehead atoms. The van der Waals surface area contributed by atoms with Gasteiger partial charge in [0.2, 0.25) is 11.8 Å². The minimum Gasteiger partial charge on any atom is -0.360 e. The van der Waals surface area contributed by atoms with Gasteiger partial charge in [0.25, 0.3) is 0 Å². The van der Waals surface area contributed by atoms with Gasteiger partial charge in [-0.2, -0.15) is 0 Å². The van der Waals surface area contributed by atoms with Crippen molar-refractivity contribution in [2.75, 3.05) is 17.6 Å². The van der Waals surface area contributed by atoms with Gasteiger partial charge in [-0.05, 0) is 6.92 Å². The summed E-state index contributed by atoms with van der Waals surface area (Å²) < 4.78 is 4.86. The van der Waals surface area contributed by atoms with Crippen molar-refractivity contribution in [2.45, 2.75) is 27.7 Å². The van der Waals surface area contributed by atoms with Gasteiger partial charge < -0.3 is 9.84 Å². The molecule has 124 valence electrons. The Bertz CT molecular complexity index is 673. The molecule has 7 nitrogen and oxygen atoms in total. The number of aromatic nitrogens is 1. The fourth-order valence-corrected chi connectivity index (χ4v) is 2.72. The molecule has 0 unspecified atom stereocenters. The molecule has 8 heteroatoms. The molecule has 0 spiro atoms. The van der Waals surface area contributed by atoms with E-state index < -0.39 is 11.3 Å². The second-order valence-corrected chi connectivity index (χ2v) is 7.23. The zero-order valence-electron chi connectivity index (χ0n) is 13.5. The standard InChI is InChI=1S/C15H19N3O4S/c1-9-5-11(17-22-9)16-12(20)7-18-13(21)8-23-14(18)6-10(19)15(2,3)4/h5-6H,7-8H2,1-4H3,(H,16,17,20)/b14-6+. The highest BCUT2D eigenvalue weighted by Crippen LogP contribution is 2.30. The summed E-state index contributed by atoms with van der Waals surface area (Å²) in [6.45, 7) is 6.95. The lowest BCUT2D eigenvalue weighted by molar-refractivity contribution is -0.129. The number of hydrogen-bond donors (Lipinski definition) is 1. The minimum atomic E-state index is -0.536. The molecule has 2 amide bonds. The van der Waals surface area contributed by atoms with Crippen molar-refractivity contribution in [1.29, 1.82) is 0 Å². The molecule has 2 heterocycles. The van der Waals surface area contributed by atoms with E-state index in [9.17, 15) is 14.4 Å². The van der Waals surface area contributed by atoms with Crippen molar-refractivity contribution in [1.82, 2.24) is 10.1 Å². The second-order valence-electron chi connectivity index (χ2n) is 6.24. The monoisotopic (exact) mass is 337 g/mol. The van der Waals surface area contributed by atoms with E-state index in [1.165, 1.54) is 22.7 Å². The van der Waals surface area contributed by atoms with Gasteiger partial charge in [-0.1, -0.05) is 37.7 Å². The quantitative estimate of drug-likeness (QED) is 0.844. The average Bonchev–Trinajstić information content (AvgIpc) is 2.98. The number of amides is 2. The molecule has 1 saturated heterocycles. The molecule has 1 N–H and O–H groups in total. The largest absolute Gasteiger partial charge is 0.360 e. The highest BCUT2D eigenvalue weighted by Gasteiger charge is 2.30. The number of ketones is 1. The van der Waals surface area contributed by atoms with E-state index >= 15 is 0 Å². The van der Waals surface area contributed by atoms with Crippen LogP contribution in [0.1, 0.15) is 26.5 Å². The van der Waals surface area contributed by atoms with E-state index in [1.807, 2.05) is 0 Å². The Balaban J connectivity index is 2.06. The third-order valence-electron chi connectivity index (χ3n) is 3.10. The van der Waals surface area contributed by atoms with E-state index in [4.69, 9.17) is 4.52 Å². The van der Waals surface area contributed by atoms with Crippen LogP contribution in [0.15, 0.2) is 21.7 Å². The second kappa shape index (κ2) is 6.57. The SMILES string of the molecule is Cc1cc(NC(=O)CN2C(=O)CS/C2=C/C(=O)C(C)(C)C)no1. The summed E-state index contributed by atoms with van der Waals surface area (Å²) in [6.07, 6.45) is 1.43. The Labute approximate surface area is 138 Å². The third kappa shape index (κ3) is 4.44. The molecular formula is C15H19N3O4S. The van der Waals surface area contributed by atoms with Crippen LogP contribution in [-0.4, -0.2) is 40.0 Å². The van der Waals surface area contributed by atoms with Crippen molar-refractivity contribution in [2.24, 2.45) is 5.41 Å². The molecule has 0 radical (unpaired) electrons. The van der Waals surface area contributed by atoms with Crippen molar-refractivity contribution in [3.05, 3.63) is 22.9 Å². The van der Waals surface area contributed by atoms with Gasteiger partial charge in [-0.25, -0.2) is 0 Å². The molecular weight excluding hydrogens is 318 g/mol. The number of rotatable bonds is 4. The van der Waals surface area contributed by atoms with E-state index in [1.54, 1.807) is 33.8 Å². The van der Waals surface area contributed by atoms with Gasteiger partial charge in [-0.3, -0.25) is 19.3 Å². The number of anilines is 1. The van der Waals surface area contributed by atoms with Crippen LogP contribution in [0.25, 0.3) is 0 Å². The van der Waals surface area contributed by atoms with E-state index in [2.05, 4.69) is 10.5 Å². The number of aryl methyl sites for hydroxylation is 1. The molecule has 1 fully saturated rings. The summed E-state index contributed by atoms with van der Waals surface area (Å²) in [5, 5.41) is 6.72. The first-order valence-corrected chi connectivity index (χ1v) is 8.08. The van der Waals surface area contributed by atoms with E-state index in [0.29, 0.717) is 16.6 Å². The first-order chi connectivity index (χ1) is 10.7. The fourth-order valence-electron chi connectivity index (χ4n) is 1.78. The van der Waals surface area contributed by atoms with Crippen LogP contribution in [0, 0.1) is 12.3 Å². The van der Waals surface area contributed by atoms with Crippen molar-refractivity contribution in [3.63, 3.8) is 0 Å². The summed E-state index contributed by atoms with van der Waals surface area (Å²) in [6, 6.07) is 1.58. The first kappa shape index (κ1) is 17.3. The normalized spacial score (nSPS) is 17.0. The number of thioether (sulfide) groups is 1. The summed E-state index contributed by atoms with van der Waals surface area (Å²) in [4.78, 5) is 37.4. The van der Waals surface area contributed by atoms with Gasteiger partial charge in [0.05, 0.1) is 10.8 Å². The molecule has 1 aromatic rings. The molecule has 0 saturated carbocycles. The Morgan fingerprint density at radius 1 is 1.48 bits per heavy atom. The molecule has 1 aliphatic heterocycles. The molecule has 1 aliphatic rings. The predicted octanol–water partition coefficient (Wildman–Crippen LogP) is 1.95. The van der Waals surface area contributed by atoms with Gasteiger partial charge >= 0.3 is 0 Å². The predicted molar refractivity (Wildman–Crippen MR) is 86.6 cm³/mol. The molecule has 23 heavy (non-hydrogen) atoms. The van der Waals surface area contributed by atoms with E-state index in [-0.39, 0.29) is 24.0 Å². The number of hydrogen-bond acceptors (Lipinski definition) is 6. The lowest BCUT2D eigenvalue weighted by Gasteiger charge is -2.18. The minimum absolute atomic E-state index is 0.0905. The maximum absolute atomic E-state index is 12.1. The smallest absolute Gasteiger partial charge is 0.245 e. The van der Waals surface area contributed by atoms with Gasteiger partial charge in [-0.15, -0.1) is 0 Å². The molecule has 0 aliphatic carbocycles. The number of carbonyl (C=O) groups is 3. The summed E-state index contributed by atoms with van der Waals surface area (Å²) in [7, 11) is 0. The van der Waals surface area contributed by atoms with Gasteiger partial charge in [0.15, 0.2) is 11.6 Å². The van der Waals surface area contributed by atoms with E-state index in [0.717, 1.165) is 0 Å². The summed E-state index contributed by atoms with van der Waals surface area (Å²) in [5.74, 6) is 0.400. The highest BCUT2D eigenvalue weighted by molar-refractivity contribution is 8.04. The highest BCUT2D eigenvalue weighted by atomic mass is 32.2. The van der Waals surface area contributed by atoms with Crippen LogP contribution in [-0.2, 0) is 14.4 Å². The topological polar surface area (TPSA) is 92.5 Å². The van der Waals surface area contributed by atoms with Crippen LogP contribution < -0.4 is 5.32 Å². The molecule has 0 aromatic carbocycles. The first-order valence-electron chi connectivity index (χ1n) is 7.09.